The highest BCUT2D eigenvalue weighted by Crippen LogP contribution is 2.27. The Hall–Kier alpha value is -3.48. The minimum atomic E-state index is -0.112. The van der Waals surface area contributed by atoms with E-state index in [9.17, 15) is 4.79 Å². The lowest BCUT2D eigenvalue weighted by Gasteiger charge is -2.34. The quantitative estimate of drug-likeness (QED) is 0.727. The van der Waals surface area contributed by atoms with E-state index in [4.69, 9.17) is 0 Å². The summed E-state index contributed by atoms with van der Waals surface area (Å²) in [5, 5.41) is 5.96. The molecule has 7 nitrogen and oxygen atoms in total. The largest absolute Gasteiger partial charge is 0.333 e. The predicted octanol–water partition coefficient (Wildman–Crippen LogP) is 3.52. The topological polar surface area (TPSA) is 83.0 Å². The zero-order valence-electron chi connectivity index (χ0n) is 15.9. The predicted molar refractivity (Wildman–Crippen MR) is 110 cm³/mol. The van der Waals surface area contributed by atoms with E-state index in [0.717, 1.165) is 18.7 Å². The molecule has 1 aliphatic heterocycles. The summed E-state index contributed by atoms with van der Waals surface area (Å²) in [6.07, 6.45) is 2.49. The molecule has 142 valence electrons. The van der Waals surface area contributed by atoms with Crippen LogP contribution in [-0.2, 0) is 17.8 Å². The summed E-state index contributed by atoms with van der Waals surface area (Å²) in [4.78, 5) is 26.7. The van der Waals surface area contributed by atoms with Crippen LogP contribution in [0.15, 0.2) is 54.9 Å². The number of carbonyl (C=O) groups excluding carboxylic acids is 1. The fraction of sp³-hybridized carbons (Fsp3) is 0.238. The van der Waals surface area contributed by atoms with Crippen LogP contribution < -0.4 is 15.5 Å². The molecule has 7 heteroatoms. The highest BCUT2D eigenvalue weighted by Gasteiger charge is 2.24. The van der Waals surface area contributed by atoms with Crippen molar-refractivity contribution in [2.24, 2.45) is 0 Å². The summed E-state index contributed by atoms with van der Waals surface area (Å²) in [6, 6.07) is 16.2. The van der Waals surface area contributed by atoms with Gasteiger partial charge in [0, 0.05) is 30.9 Å². The molecule has 3 aromatic rings. The molecular formula is C21H22N6O. The molecule has 2 aromatic carbocycles. The Kier molecular flexibility index (Phi) is 4.89. The Labute approximate surface area is 163 Å². The van der Waals surface area contributed by atoms with E-state index in [1.165, 1.54) is 24.4 Å². The summed E-state index contributed by atoms with van der Waals surface area (Å²) in [6.45, 7) is 4.44. The van der Waals surface area contributed by atoms with Gasteiger partial charge in [-0.2, -0.15) is 4.98 Å². The van der Waals surface area contributed by atoms with Crippen LogP contribution in [0.3, 0.4) is 0 Å². The fourth-order valence-electron chi connectivity index (χ4n) is 3.44. The standard InChI is InChI=1S/C21H22N6O/c1-14-10-16-6-3-4-7-17(16)12-27(14)21-23-13-22-20(26-21)25-19-9-5-8-18(11-19)24-15(2)28/h3-9,11,13-14H,10,12H2,1-2H3,(H,24,28)(H,22,23,25,26)/t14-/m0/s1. The van der Waals surface area contributed by atoms with Gasteiger partial charge in [0.25, 0.3) is 0 Å². The van der Waals surface area contributed by atoms with Gasteiger partial charge < -0.3 is 15.5 Å². The molecule has 0 radical (unpaired) electrons. The fourth-order valence-corrected chi connectivity index (χ4v) is 3.44. The van der Waals surface area contributed by atoms with Gasteiger partial charge in [0.1, 0.15) is 6.33 Å². The molecule has 0 aliphatic carbocycles. The normalized spacial score (nSPS) is 15.6. The molecular weight excluding hydrogens is 352 g/mol. The average Bonchev–Trinajstić information content (AvgIpc) is 2.67. The van der Waals surface area contributed by atoms with Crippen LogP contribution in [0.1, 0.15) is 25.0 Å². The molecule has 28 heavy (non-hydrogen) atoms. The molecule has 0 unspecified atom stereocenters. The van der Waals surface area contributed by atoms with Gasteiger partial charge in [-0.15, -0.1) is 0 Å². The van der Waals surface area contributed by atoms with E-state index in [-0.39, 0.29) is 5.91 Å². The van der Waals surface area contributed by atoms with Crippen LogP contribution in [0.25, 0.3) is 0 Å². The second-order valence-electron chi connectivity index (χ2n) is 6.95. The molecule has 1 aromatic heterocycles. The van der Waals surface area contributed by atoms with E-state index < -0.39 is 0 Å². The van der Waals surface area contributed by atoms with Gasteiger partial charge in [-0.25, -0.2) is 9.97 Å². The molecule has 2 heterocycles. The third kappa shape index (κ3) is 3.93. The lowest BCUT2D eigenvalue weighted by molar-refractivity contribution is -0.114. The Morgan fingerprint density at radius 1 is 1.07 bits per heavy atom. The Morgan fingerprint density at radius 2 is 1.86 bits per heavy atom. The van der Waals surface area contributed by atoms with Crippen molar-refractivity contribution < 1.29 is 4.79 Å². The van der Waals surface area contributed by atoms with Crippen molar-refractivity contribution >= 4 is 29.2 Å². The van der Waals surface area contributed by atoms with Crippen molar-refractivity contribution in [3.8, 4) is 0 Å². The van der Waals surface area contributed by atoms with Crippen LogP contribution in [-0.4, -0.2) is 26.9 Å². The number of benzene rings is 2. The maximum atomic E-state index is 11.3. The zero-order valence-corrected chi connectivity index (χ0v) is 15.9. The van der Waals surface area contributed by atoms with Gasteiger partial charge >= 0.3 is 0 Å². The molecule has 0 spiro atoms. The Bertz CT molecular complexity index is 1010. The number of nitrogens with one attached hydrogen (secondary N) is 2. The number of aromatic nitrogens is 3. The summed E-state index contributed by atoms with van der Waals surface area (Å²) in [5.41, 5.74) is 4.19. The average molecular weight is 374 g/mol. The highest BCUT2D eigenvalue weighted by atomic mass is 16.1. The van der Waals surface area contributed by atoms with Crippen molar-refractivity contribution in [3.05, 3.63) is 66.0 Å². The van der Waals surface area contributed by atoms with Crippen molar-refractivity contribution in [2.75, 3.05) is 15.5 Å². The first-order chi connectivity index (χ1) is 13.6. The summed E-state index contributed by atoms with van der Waals surface area (Å²) >= 11 is 0. The van der Waals surface area contributed by atoms with Crippen molar-refractivity contribution in [2.45, 2.75) is 32.9 Å². The van der Waals surface area contributed by atoms with Crippen LogP contribution in [0.4, 0.5) is 23.3 Å². The molecule has 2 N–H and O–H groups in total. The van der Waals surface area contributed by atoms with Gasteiger partial charge in [0.05, 0.1) is 0 Å². The first kappa shape index (κ1) is 17.9. The Morgan fingerprint density at radius 3 is 2.68 bits per heavy atom. The van der Waals surface area contributed by atoms with Gasteiger partial charge in [-0.3, -0.25) is 4.79 Å². The molecule has 1 aliphatic rings. The van der Waals surface area contributed by atoms with E-state index in [0.29, 0.717) is 23.6 Å². The molecule has 1 amide bonds. The van der Waals surface area contributed by atoms with E-state index >= 15 is 0 Å². The lowest BCUT2D eigenvalue weighted by Crippen LogP contribution is -2.39. The zero-order chi connectivity index (χ0) is 19.5. The maximum absolute atomic E-state index is 11.3. The summed E-state index contributed by atoms with van der Waals surface area (Å²) in [7, 11) is 0. The smallest absolute Gasteiger partial charge is 0.232 e. The minimum Gasteiger partial charge on any atom is -0.333 e. The van der Waals surface area contributed by atoms with Crippen LogP contribution in [0, 0.1) is 0 Å². The Balaban J connectivity index is 1.55. The maximum Gasteiger partial charge on any atom is 0.232 e. The van der Waals surface area contributed by atoms with E-state index in [1.807, 2.05) is 24.3 Å². The second kappa shape index (κ2) is 7.64. The summed E-state index contributed by atoms with van der Waals surface area (Å²) in [5.74, 6) is 1.01. The number of amides is 1. The van der Waals surface area contributed by atoms with Gasteiger partial charge in [0.2, 0.25) is 17.8 Å². The van der Waals surface area contributed by atoms with E-state index in [1.54, 1.807) is 0 Å². The second-order valence-corrected chi connectivity index (χ2v) is 6.95. The van der Waals surface area contributed by atoms with Crippen molar-refractivity contribution in [1.82, 2.24) is 15.0 Å². The monoisotopic (exact) mass is 374 g/mol. The SMILES string of the molecule is CC(=O)Nc1cccc(Nc2ncnc(N3Cc4ccccc4C[C@@H]3C)n2)c1. The molecule has 4 rings (SSSR count). The summed E-state index contributed by atoms with van der Waals surface area (Å²) < 4.78 is 0. The number of hydrogen-bond donors (Lipinski definition) is 2. The first-order valence-electron chi connectivity index (χ1n) is 9.25. The number of fused-ring (bicyclic) bond motifs is 1. The van der Waals surface area contributed by atoms with Crippen LogP contribution >= 0.6 is 0 Å². The van der Waals surface area contributed by atoms with Gasteiger partial charge in [0.15, 0.2) is 0 Å². The molecule has 0 bridgehead atoms. The highest BCUT2D eigenvalue weighted by molar-refractivity contribution is 5.89. The molecule has 0 fully saturated rings. The number of carbonyl (C=O) groups is 1. The lowest BCUT2D eigenvalue weighted by atomic mass is 9.95. The third-order valence-corrected chi connectivity index (χ3v) is 4.76. The molecule has 1 atom stereocenters. The molecule has 0 saturated heterocycles. The number of hydrogen-bond acceptors (Lipinski definition) is 6. The van der Waals surface area contributed by atoms with Gasteiger partial charge in [-0.1, -0.05) is 30.3 Å². The molecule has 0 saturated carbocycles. The third-order valence-electron chi connectivity index (χ3n) is 4.76. The van der Waals surface area contributed by atoms with Crippen LogP contribution in [0.5, 0.6) is 0 Å². The van der Waals surface area contributed by atoms with Crippen LogP contribution in [0.2, 0.25) is 0 Å². The first-order valence-corrected chi connectivity index (χ1v) is 9.25. The van der Waals surface area contributed by atoms with E-state index in [2.05, 4.69) is 61.7 Å². The number of nitrogens with zero attached hydrogens (tertiary/aromatic N) is 4. The minimum absolute atomic E-state index is 0.112. The van der Waals surface area contributed by atoms with Gasteiger partial charge in [-0.05, 0) is 42.7 Å². The van der Waals surface area contributed by atoms with Crippen molar-refractivity contribution in [3.63, 3.8) is 0 Å². The van der Waals surface area contributed by atoms with Crippen molar-refractivity contribution in [1.29, 1.82) is 0 Å². The number of rotatable bonds is 4. The number of anilines is 4.